The van der Waals surface area contributed by atoms with E-state index >= 15 is 0 Å². The molecule has 0 saturated carbocycles. The highest BCUT2D eigenvalue weighted by molar-refractivity contribution is 7.89. The summed E-state index contributed by atoms with van der Waals surface area (Å²) in [5, 5.41) is 0. The van der Waals surface area contributed by atoms with Gasteiger partial charge in [-0.25, -0.2) is 18.0 Å². The number of ketones is 1. The number of aromatic nitrogens is 1. The molecule has 1 aliphatic heterocycles. The van der Waals surface area contributed by atoms with Gasteiger partial charge >= 0.3 is 11.9 Å². The Morgan fingerprint density at radius 3 is 2.27 bits per heavy atom. The molecule has 2 heterocycles. The first-order valence-electron chi connectivity index (χ1n) is 10.4. The summed E-state index contributed by atoms with van der Waals surface area (Å²) >= 11 is 0. The third kappa shape index (κ3) is 5.32. The fraction of sp³-hybridized carbons (Fsp3) is 0.409. The highest BCUT2D eigenvalue weighted by Gasteiger charge is 2.27. The van der Waals surface area contributed by atoms with Crippen molar-refractivity contribution < 1.29 is 37.0 Å². The minimum Gasteiger partial charge on any atom is -0.462 e. The first kappa shape index (κ1) is 24.6. The third-order valence-corrected chi connectivity index (χ3v) is 7.14. The van der Waals surface area contributed by atoms with Crippen LogP contribution in [0.5, 0.6) is 0 Å². The molecule has 0 unspecified atom stereocenters. The molecule has 11 heteroatoms. The van der Waals surface area contributed by atoms with Crippen LogP contribution in [0.3, 0.4) is 0 Å². The predicted octanol–water partition coefficient (Wildman–Crippen LogP) is 1.87. The van der Waals surface area contributed by atoms with Gasteiger partial charge in [0.25, 0.3) is 0 Å². The molecule has 1 aliphatic rings. The Balaban J connectivity index is 1.65. The average molecular weight is 479 g/mol. The summed E-state index contributed by atoms with van der Waals surface area (Å²) in [6.45, 7) is 5.80. The van der Waals surface area contributed by atoms with Crippen molar-refractivity contribution in [1.82, 2.24) is 9.29 Å². The molecule has 178 valence electrons. The first-order chi connectivity index (χ1) is 15.7. The molecule has 10 nitrogen and oxygen atoms in total. The van der Waals surface area contributed by atoms with Gasteiger partial charge < -0.3 is 19.2 Å². The molecular weight excluding hydrogens is 452 g/mol. The number of nitrogens with zero attached hydrogens (tertiary/aromatic N) is 1. The molecular formula is C22H26N2O8S. The van der Waals surface area contributed by atoms with Gasteiger partial charge in [0.1, 0.15) is 0 Å². The number of aromatic amines is 1. The van der Waals surface area contributed by atoms with Crippen molar-refractivity contribution in [2.45, 2.75) is 25.7 Å². The highest BCUT2D eigenvalue weighted by atomic mass is 32.2. The van der Waals surface area contributed by atoms with Crippen molar-refractivity contribution in [3.05, 3.63) is 52.3 Å². The monoisotopic (exact) mass is 478 g/mol. The van der Waals surface area contributed by atoms with Gasteiger partial charge in [-0.2, -0.15) is 4.31 Å². The second-order valence-corrected chi connectivity index (χ2v) is 9.32. The molecule has 0 amide bonds. The van der Waals surface area contributed by atoms with E-state index < -0.39 is 34.4 Å². The van der Waals surface area contributed by atoms with Crippen molar-refractivity contribution in [3.63, 3.8) is 0 Å². The molecule has 1 N–H and O–H groups in total. The molecule has 1 aromatic heterocycles. The summed E-state index contributed by atoms with van der Waals surface area (Å²) in [6, 6.07) is 5.33. The lowest BCUT2D eigenvalue weighted by Gasteiger charge is -2.26. The number of H-pyrrole nitrogens is 1. The molecule has 0 aliphatic carbocycles. The summed E-state index contributed by atoms with van der Waals surface area (Å²) in [5.74, 6) is -1.82. The Morgan fingerprint density at radius 2 is 1.67 bits per heavy atom. The summed E-state index contributed by atoms with van der Waals surface area (Å²) in [7, 11) is -3.68. The Kier molecular flexibility index (Phi) is 7.67. The maximum atomic E-state index is 12.7. The Labute approximate surface area is 191 Å². The standard InChI is InChI=1S/C22H26N2O8S/c1-4-31-22(27)19-14(2)20(23-15(19)3)18(25)13-32-21(26)16-5-7-17(8-6-16)33(28,29)24-9-11-30-12-10-24/h5-8,23H,4,9-13H2,1-3H3. The van der Waals surface area contributed by atoms with Crippen LogP contribution in [0, 0.1) is 13.8 Å². The fourth-order valence-electron chi connectivity index (χ4n) is 3.52. The Morgan fingerprint density at radius 1 is 1.03 bits per heavy atom. The number of aryl methyl sites for hydroxylation is 1. The largest absolute Gasteiger partial charge is 0.462 e. The van der Waals surface area contributed by atoms with Crippen LogP contribution in [-0.2, 0) is 24.2 Å². The zero-order chi connectivity index (χ0) is 24.2. The number of benzene rings is 1. The van der Waals surface area contributed by atoms with Gasteiger partial charge in [0.2, 0.25) is 15.8 Å². The van der Waals surface area contributed by atoms with Crippen LogP contribution in [0.25, 0.3) is 0 Å². The number of esters is 2. The number of hydrogen-bond donors (Lipinski definition) is 1. The van der Waals surface area contributed by atoms with Crippen molar-refractivity contribution in [1.29, 1.82) is 0 Å². The molecule has 0 radical (unpaired) electrons. The van der Waals surface area contributed by atoms with E-state index in [-0.39, 0.29) is 41.4 Å². The lowest BCUT2D eigenvalue weighted by atomic mass is 10.1. The second kappa shape index (κ2) is 10.3. The minimum atomic E-state index is -3.68. The minimum absolute atomic E-state index is 0.0565. The van der Waals surface area contributed by atoms with Gasteiger partial charge in [-0.05, 0) is 50.6 Å². The van der Waals surface area contributed by atoms with Crippen LogP contribution in [0.15, 0.2) is 29.2 Å². The second-order valence-electron chi connectivity index (χ2n) is 7.39. The summed E-state index contributed by atoms with van der Waals surface area (Å²) in [4.78, 5) is 39.9. The van der Waals surface area contributed by atoms with Gasteiger partial charge in [-0.1, -0.05) is 0 Å². The van der Waals surface area contributed by atoms with Crippen molar-refractivity contribution in [2.24, 2.45) is 0 Å². The fourth-order valence-corrected chi connectivity index (χ4v) is 4.93. The average Bonchev–Trinajstić information content (AvgIpc) is 3.12. The maximum absolute atomic E-state index is 12.7. The smallest absolute Gasteiger partial charge is 0.340 e. The zero-order valence-electron chi connectivity index (χ0n) is 18.7. The summed E-state index contributed by atoms with van der Waals surface area (Å²) in [6.07, 6.45) is 0. The number of hydrogen-bond acceptors (Lipinski definition) is 8. The predicted molar refractivity (Wildman–Crippen MR) is 117 cm³/mol. The van der Waals surface area contributed by atoms with Gasteiger partial charge in [-0.3, -0.25) is 4.79 Å². The molecule has 3 rings (SSSR count). The molecule has 1 saturated heterocycles. The Hall–Kier alpha value is -3.02. The van der Waals surface area contributed by atoms with Gasteiger partial charge in [0, 0.05) is 18.8 Å². The van der Waals surface area contributed by atoms with Crippen LogP contribution in [0.2, 0.25) is 0 Å². The van der Waals surface area contributed by atoms with E-state index in [0.717, 1.165) is 0 Å². The molecule has 0 spiro atoms. The van der Waals surface area contributed by atoms with E-state index in [0.29, 0.717) is 24.5 Å². The van der Waals surface area contributed by atoms with Crippen molar-refractivity contribution >= 4 is 27.7 Å². The van der Waals surface area contributed by atoms with Crippen LogP contribution < -0.4 is 0 Å². The normalized spacial score (nSPS) is 14.6. The Bertz CT molecular complexity index is 1150. The van der Waals surface area contributed by atoms with Crippen LogP contribution in [0.4, 0.5) is 0 Å². The van der Waals surface area contributed by atoms with E-state index in [4.69, 9.17) is 14.2 Å². The molecule has 2 aromatic rings. The van der Waals surface area contributed by atoms with E-state index in [1.807, 2.05) is 0 Å². The van der Waals surface area contributed by atoms with Crippen molar-refractivity contribution in [3.8, 4) is 0 Å². The van der Waals surface area contributed by atoms with E-state index in [9.17, 15) is 22.8 Å². The topological polar surface area (TPSA) is 132 Å². The van der Waals surface area contributed by atoms with Gasteiger partial charge in [-0.15, -0.1) is 0 Å². The number of rotatable bonds is 8. The molecule has 33 heavy (non-hydrogen) atoms. The number of carbonyl (C=O) groups excluding carboxylic acids is 3. The van der Waals surface area contributed by atoms with Crippen LogP contribution >= 0.6 is 0 Å². The van der Waals surface area contributed by atoms with E-state index in [1.54, 1.807) is 20.8 Å². The third-order valence-electron chi connectivity index (χ3n) is 5.23. The molecule has 0 atom stereocenters. The number of sulfonamides is 1. The lowest BCUT2D eigenvalue weighted by Crippen LogP contribution is -2.40. The molecule has 1 fully saturated rings. The van der Waals surface area contributed by atoms with Crippen LogP contribution in [-0.4, -0.2) is 74.9 Å². The summed E-state index contributed by atoms with van der Waals surface area (Å²) in [5.41, 5.74) is 1.46. The summed E-state index contributed by atoms with van der Waals surface area (Å²) < 4.78 is 41.9. The lowest BCUT2D eigenvalue weighted by molar-refractivity contribution is 0.0472. The van der Waals surface area contributed by atoms with E-state index in [1.165, 1.54) is 28.6 Å². The number of carbonyl (C=O) groups is 3. The van der Waals surface area contributed by atoms with Gasteiger partial charge in [0.15, 0.2) is 6.61 Å². The van der Waals surface area contributed by atoms with E-state index in [2.05, 4.69) is 4.98 Å². The number of nitrogens with one attached hydrogen (secondary N) is 1. The number of ether oxygens (including phenoxy) is 3. The van der Waals surface area contributed by atoms with Crippen molar-refractivity contribution in [2.75, 3.05) is 39.5 Å². The molecule has 0 bridgehead atoms. The zero-order valence-corrected chi connectivity index (χ0v) is 19.5. The SMILES string of the molecule is CCOC(=O)c1c(C)[nH]c(C(=O)COC(=O)c2ccc(S(=O)(=O)N3CCOCC3)cc2)c1C. The van der Waals surface area contributed by atoms with Crippen LogP contribution in [0.1, 0.15) is 49.4 Å². The quantitative estimate of drug-likeness (QED) is 0.449. The van der Waals surface area contributed by atoms with Gasteiger partial charge in [0.05, 0.1) is 41.5 Å². The first-order valence-corrected chi connectivity index (χ1v) is 11.8. The maximum Gasteiger partial charge on any atom is 0.340 e. The number of Topliss-reactive ketones (excluding diaryl/α,β-unsaturated/α-hetero) is 1. The highest BCUT2D eigenvalue weighted by Crippen LogP contribution is 2.21. The number of morpholine rings is 1. The molecule has 1 aromatic carbocycles.